The molecule has 2 aliphatic heterocycles. The molecule has 14 rings (SSSR count). The quantitative estimate of drug-likeness (QED) is 0.00394. The van der Waals surface area contributed by atoms with Crippen LogP contribution in [-0.2, 0) is 103 Å². The van der Waals surface area contributed by atoms with Crippen LogP contribution in [-0.4, -0.2) is 238 Å². The first-order valence-corrected chi connectivity index (χ1v) is 48.8. The summed E-state index contributed by atoms with van der Waals surface area (Å²) in [5, 5.41) is 37.3. The molecule has 50 nitrogen and oxygen atoms in total. The van der Waals surface area contributed by atoms with Crippen molar-refractivity contribution < 1.29 is 74.4 Å². The van der Waals surface area contributed by atoms with Gasteiger partial charge in [-0.2, -0.15) is 54.1 Å². The summed E-state index contributed by atoms with van der Waals surface area (Å²) in [5.41, 5.74) is 40.9. The van der Waals surface area contributed by atoms with Crippen LogP contribution in [0, 0.1) is 19.7 Å². The number of ether oxygens (including phenoxy) is 7. The molecular weight excluding hydrogens is 2080 g/mol. The number of benzene rings is 2. The van der Waals surface area contributed by atoms with E-state index in [9.17, 15) is 28.5 Å². The smallest absolute Gasteiger partial charge is 0.393 e. The number of nitrogens with two attached hydrogens (primary N) is 7. The molecule has 1 unspecified atom stereocenters. The molecule has 21 N–H and O–H groups in total. The highest BCUT2D eigenvalue weighted by Gasteiger charge is 2.36. The normalized spacial score (nSPS) is 11.7. The molecule has 12 heterocycles. The zero-order chi connectivity index (χ0) is 102. The largest absolute Gasteiger partial charge is 0.394 e. The second-order valence-electron chi connectivity index (χ2n) is 25.8. The number of nitrogen functional groups attached to an aromatic ring is 4. The number of halogens is 9. The number of primary amides is 3. The van der Waals surface area contributed by atoms with Gasteiger partial charge in [0, 0.05) is 104 Å². The summed E-state index contributed by atoms with van der Waals surface area (Å²) in [7, 11) is -4.67. The molecule has 0 fully saturated rings. The molecule has 12 aromatic rings. The Bertz CT molecular complexity index is 6220. The van der Waals surface area contributed by atoms with E-state index in [1.165, 1.54) is 18.6 Å². The third-order valence-corrected chi connectivity index (χ3v) is 17.6. The van der Waals surface area contributed by atoms with Crippen LogP contribution in [0.25, 0.3) is 47.6 Å². The van der Waals surface area contributed by atoms with E-state index in [0.717, 1.165) is 41.0 Å². The number of nitrogens with zero attached hydrogens (tertiary/aromatic N) is 20. The van der Waals surface area contributed by atoms with Gasteiger partial charge in [-0.05, 0) is 153 Å². The second kappa shape index (κ2) is 63.8. The summed E-state index contributed by atoms with van der Waals surface area (Å²) in [6.07, 6.45) is 11.6. The third kappa shape index (κ3) is 46.5. The summed E-state index contributed by atoms with van der Waals surface area (Å²) in [5.74, 6) is -0.126. The van der Waals surface area contributed by atoms with E-state index in [-0.39, 0.29) is 39.6 Å². The maximum atomic E-state index is 12.6. The van der Waals surface area contributed by atoms with Crippen molar-refractivity contribution in [3.05, 3.63) is 183 Å². The van der Waals surface area contributed by atoms with Crippen molar-refractivity contribution in [3.8, 4) is 0 Å². The number of urea groups is 1. The molecule has 2 aliphatic rings. The number of H-pyrrole nitrogens is 3. The number of hydrogen-bond acceptors (Lipinski definition) is 31. The number of hydrogen-bond donors (Lipinski definition) is 14. The van der Waals surface area contributed by atoms with Crippen LogP contribution in [0.15, 0.2) is 89.4 Å². The number of aromatic amines is 3. The average Bonchev–Trinajstić information content (AvgIpc) is 1.60. The molecule has 746 valence electrons. The molecule has 0 spiro atoms. The van der Waals surface area contributed by atoms with Crippen LogP contribution in [0.5, 0.6) is 0 Å². The van der Waals surface area contributed by atoms with Crippen molar-refractivity contribution in [1.82, 2.24) is 98.8 Å². The van der Waals surface area contributed by atoms with Gasteiger partial charge in [0.2, 0.25) is 39.4 Å². The van der Waals surface area contributed by atoms with Crippen molar-refractivity contribution in [1.29, 1.82) is 0 Å². The van der Waals surface area contributed by atoms with E-state index < -0.39 is 44.7 Å². The molecule has 2 aromatic carbocycles. The SMILES string of the molecule is CCOCCBr.CCOCCn1cc(C(N)=O)c(N)n1.CCOCCn1cc2c(=O)[nH]c(=O)[nH]c2n1.CCOCCn1cc2c(C3C(=O)Nc4ccc(Cl)cc43)nc(Cl)nc2n1.CCOCCn1cc2c(Cl)nc(Cl)nc2n1.NC(N)=O.O=C1Cc2cc(Cl)ccc2N1.O=P(Cl)(Cl)Cl.O=S(=O)(O)O.[C-]#[N+]c1cn(CCOCC)nc1N.[C-]#[N+]c1cn[nH]c1N.[C-]#[N+]c1cnn(CCOCC)c1N. The number of carbonyl (C=O) groups is 4. The van der Waals surface area contributed by atoms with E-state index in [1.807, 2.05) is 66.8 Å². The summed E-state index contributed by atoms with van der Waals surface area (Å²) in [6, 6.07) is 9.85. The zero-order valence-corrected chi connectivity index (χ0v) is 83.7. The molecule has 0 radical (unpaired) electrons. The summed E-state index contributed by atoms with van der Waals surface area (Å²) < 4.78 is 87.0. The lowest BCUT2D eigenvalue weighted by atomic mass is 9.95. The fourth-order valence-electron chi connectivity index (χ4n) is 10.5. The van der Waals surface area contributed by atoms with Crippen LogP contribution in [0.1, 0.15) is 81.6 Å². The Hall–Kier alpha value is -11.5. The molecule has 137 heavy (non-hydrogen) atoms. The van der Waals surface area contributed by atoms with E-state index in [0.29, 0.717) is 208 Å². The highest BCUT2D eigenvalue weighted by atomic mass is 79.9. The fourth-order valence-corrected chi connectivity index (χ4v) is 11.7. The molecule has 61 heteroatoms. The Kier molecular flexibility index (Phi) is 55.7. The van der Waals surface area contributed by atoms with Crippen LogP contribution in [0.3, 0.4) is 0 Å². The second-order valence-corrected chi connectivity index (χ2v) is 36.1. The van der Waals surface area contributed by atoms with E-state index in [4.69, 9.17) is 162 Å². The molecule has 0 saturated heterocycles. The minimum Gasteiger partial charge on any atom is -0.393 e. The third-order valence-electron chi connectivity index (χ3n) is 16.2. The lowest BCUT2D eigenvalue weighted by Crippen LogP contribution is -2.21. The number of nitrogens with one attached hydrogen (secondary N) is 5. The average molecular weight is 2180 g/mol. The molecule has 0 bridgehead atoms. The first kappa shape index (κ1) is 120. The van der Waals surface area contributed by atoms with Gasteiger partial charge < -0.3 is 83.9 Å². The summed E-state index contributed by atoms with van der Waals surface area (Å²) >= 11 is 46.6. The molecule has 1 atom stereocenters. The molecule has 5 amide bonds. The van der Waals surface area contributed by atoms with Crippen molar-refractivity contribution in [2.45, 2.75) is 100 Å². The minimum atomic E-state index is -4.67. The predicted octanol–water partition coefficient (Wildman–Crippen LogP) is 11.6. The fraction of sp³-hybridized carbons (Fsp3) is 0.395. The summed E-state index contributed by atoms with van der Waals surface area (Å²) in [6.45, 7) is 46.1. The summed E-state index contributed by atoms with van der Waals surface area (Å²) in [4.78, 5) is 96.1. The van der Waals surface area contributed by atoms with Gasteiger partial charge in [-0.3, -0.25) is 76.0 Å². The van der Waals surface area contributed by atoms with Gasteiger partial charge in [0.05, 0.1) is 141 Å². The first-order chi connectivity index (χ1) is 64.9. The maximum Gasteiger partial charge on any atom is 0.394 e. The molecule has 0 aliphatic carbocycles. The number of anilines is 6. The number of aromatic nitrogens is 20. The van der Waals surface area contributed by atoms with E-state index in [1.54, 1.807) is 70.9 Å². The van der Waals surface area contributed by atoms with Gasteiger partial charge in [0.25, 0.3) is 11.5 Å². The number of alkyl halides is 1. The van der Waals surface area contributed by atoms with Gasteiger partial charge >= 0.3 is 27.3 Å². The molecular formula is C76H100BrCl8N32O18PS. The van der Waals surface area contributed by atoms with Crippen molar-refractivity contribution in [3.63, 3.8) is 0 Å². The molecule has 10 aromatic heterocycles. The van der Waals surface area contributed by atoms with Gasteiger partial charge in [-0.15, -0.1) is 0 Å². The number of amides is 5. The highest BCUT2D eigenvalue weighted by Crippen LogP contribution is 2.61. The van der Waals surface area contributed by atoms with Crippen LogP contribution in [0.2, 0.25) is 25.8 Å². The number of rotatable bonds is 29. The minimum absolute atomic E-state index is 0.0438. The lowest BCUT2D eigenvalue weighted by molar-refractivity contribution is -0.116. The number of carbonyl (C=O) groups excluding carboxylic acids is 4. The first-order valence-electron chi connectivity index (χ1n) is 40.0. The lowest BCUT2D eigenvalue weighted by Gasteiger charge is -2.09. The van der Waals surface area contributed by atoms with Gasteiger partial charge in [0.1, 0.15) is 33.7 Å². The van der Waals surface area contributed by atoms with Crippen LogP contribution >= 0.6 is 113 Å². The van der Waals surface area contributed by atoms with Crippen molar-refractivity contribution in [2.24, 2.45) is 17.2 Å². The zero-order valence-electron chi connectivity index (χ0n) is 74.3. The Labute approximate surface area is 830 Å². The number of fused-ring (bicyclic) bond motifs is 5. The maximum absolute atomic E-state index is 12.6. The van der Waals surface area contributed by atoms with Crippen LogP contribution < -0.4 is 62.0 Å². The van der Waals surface area contributed by atoms with E-state index >= 15 is 0 Å². The Balaban J connectivity index is 0.000000398. The Morgan fingerprint density at radius 3 is 1.44 bits per heavy atom. The Morgan fingerprint density at radius 1 is 0.555 bits per heavy atom. The topological polar surface area (TPSA) is 697 Å². The molecule has 0 saturated carbocycles. The monoisotopic (exact) mass is 2170 g/mol. The van der Waals surface area contributed by atoms with Crippen molar-refractivity contribution >= 4 is 232 Å². The van der Waals surface area contributed by atoms with Gasteiger partial charge in [-0.25, -0.2) is 34.1 Å². The Morgan fingerprint density at radius 2 is 0.993 bits per heavy atom. The van der Waals surface area contributed by atoms with Gasteiger partial charge in [-0.1, -0.05) is 50.7 Å². The van der Waals surface area contributed by atoms with Gasteiger partial charge in [0.15, 0.2) is 28.6 Å². The standard InChI is InChI=1S/C17H15Cl2N5O2.C9H10Cl2N4O.C9H12N4O3.C8H6ClNO.C8H14N4O2.2C8H12N4O.C4H9BrO.C4H4N4.CH4N2O.Cl3OP.H2O4S/c1-2-26-6-5-24-8-11-14(21-17(19)22-15(11)23-24)13-10-7-9(18)3-4-12(10)20-16(13)25;1-2-16-4-3-15-5-6-7(10)12-9(11)13-8(6)14-15;1-2-16-4-3-13-5-6-7(12-13)10-9(15)11-8(6)14;9-6-1-2-7-5(3-6)4-8(11)10-7;1-2-14-4-3-12-5-6(8(10)13)7(9)11-12;1-3-13-5-4-12-6-7(10-2)8(9)11-12;1-3-13-5-4-12-8(9)7(10-2)6-11-12;1-2-6-4-3-5;1-6-3-2-7-8-4(3)5;2-1(3)4;2*1-5(2,3)4/h3-4,7-8,13H,2,5-6H2,1H3,(H,20,25);5H,2-4H2,1H3;5H,2-4H2,1H3,(H2,10,11,12,14,15);1-3H,4H2,(H,10,11);5H,2-4H2,1H3,(H2,9,11)(H2,10,13);6H,3-5H2,1H3,(H2,9,11);6H,3-5,9H2,1H3;2-4H2,1H3;2H,(H3,5,7,8);(H4,2,3,4);;(H2,1,2,3,4). The predicted molar refractivity (Wildman–Crippen MR) is 525 cm³/mol. The van der Waals surface area contributed by atoms with Crippen LogP contribution in [0.4, 0.5) is 56.5 Å². The highest BCUT2D eigenvalue weighted by molar-refractivity contribution is 9.09. The van der Waals surface area contributed by atoms with Crippen molar-refractivity contribution in [2.75, 3.05) is 131 Å². The van der Waals surface area contributed by atoms with E-state index in [2.05, 4.69) is 157 Å².